The number of fused-ring (bicyclic) bond motifs is 1. The lowest BCUT2D eigenvalue weighted by atomic mass is 10.0. The Morgan fingerprint density at radius 1 is 1.35 bits per heavy atom. The number of nitrogens with two attached hydrogens (primary N) is 1. The minimum atomic E-state index is -0.328. The van der Waals surface area contributed by atoms with E-state index in [-0.39, 0.29) is 17.6 Å². The standard InChI is InChI=1S/C16H18FNOS/c1-19-14-6-5-10(7-12(14)17)8-13(18)16-9-11-3-2-4-15(11)20-16/h5-7,9,13H,2-4,8,18H2,1H3. The number of aryl methyl sites for hydroxylation is 2. The summed E-state index contributed by atoms with van der Waals surface area (Å²) in [6, 6.07) is 7.23. The Kier molecular flexibility index (Phi) is 3.76. The summed E-state index contributed by atoms with van der Waals surface area (Å²) in [5.74, 6) is -0.0525. The van der Waals surface area contributed by atoms with Crippen LogP contribution < -0.4 is 10.5 Å². The van der Waals surface area contributed by atoms with E-state index in [1.54, 1.807) is 6.07 Å². The second-order valence-electron chi connectivity index (χ2n) is 5.23. The molecule has 0 saturated carbocycles. The fourth-order valence-corrected chi connectivity index (χ4v) is 3.99. The summed E-state index contributed by atoms with van der Waals surface area (Å²) in [5, 5.41) is 0. The Morgan fingerprint density at radius 2 is 2.20 bits per heavy atom. The van der Waals surface area contributed by atoms with Crippen molar-refractivity contribution in [2.75, 3.05) is 7.11 Å². The topological polar surface area (TPSA) is 35.2 Å². The molecule has 0 saturated heterocycles. The third kappa shape index (κ3) is 2.58. The van der Waals surface area contributed by atoms with Gasteiger partial charge in [0.2, 0.25) is 0 Å². The van der Waals surface area contributed by atoms with E-state index < -0.39 is 0 Å². The van der Waals surface area contributed by atoms with E-state index in [1.165, 1.54) is 47.8 Å². The smallest absolute Gasteiger partial charge is 0.165 e. The van der Waals surface area contributed by atoms with E-state index in [1.807, 2.05) is 17.4 Å². The van der Waals surface area contributed by atoms with Crippen LogP contribution in [0.1, 0.15) is 33.3 Å². The highest BCUT2D eigenvalue weighted by molar-refractivity contribution is 7.12. The lowest BCUT2D eigenvalue weighted by Gasteiger charge is -2.11. The van der Waals surface area contributed by atoms with Gasteiger partial charge in [0.15, 0.2) is 11.6 Å². The summed E-state index contributed by atoms with van der Waals surface area (Å²) >= 11 is 1.82. The molecule has 0 fully saturated rings. The molecule has 0 spiro atoms. The Hall–Kier alpha value is -1.39. The Labute approximate surface area is 122 Å². The monoisotopic (exact) mass is 291 g/mol. The van der Waals surface area contributed by atoms with Crippen molar-refractivity contribution in [3.05, 3.63) is 51.0 Å². The molecule has 106 valence electrons. The molecule has 1 aromatic carbocycles. The molecule has 2 aromatic rings. The zero-order chi connectivity index (χ0) is 14.1. The molecule has 4 heteroatoms. The second kappa shape index (κ2) is 5.54. The van der Waals surface area contributed by atoms with Crippen LogP contribution in [-0.4, -0.2) is 7.11 Å². The van der Waals surface area contributed by atoms with E-state index >= 15 is 0 Å². The van der Waals surface area contributed by atoms with Gasteiger partial charge >= 0.3 is 0 Å². The van der Waals surface area contributed by atoms with Crippen molar-refractivity contribution in [3.63, 3.8) is 0 Å². The molecular formula is C16H18FNOS. The molecule has 2 nitrogen and oxygen atoms in total. The first kappa shape index (κ1) is 13.6. The Bertz CT molecular complexity index is 601. The van der Waals surface area contributed by atoms with Gasteiger partial charge in [0.05, 0.1) is 7.11 Å². The Balaban J connectivity index is 1.74. The third-order valence-corrected chi connectivity index (χ3v) is 5.17. The lowest BCUT2D eigenvalue weighted by molar-refractivity contribution is 0.386. The first-order chi connectivity index (χ1) is 9.67. The molecule has 0 radical (unpaired) electrons. The normalized spacial score (nSPS) is 15.2. The third-order valence-electron chi connectivity index (χ3n) is 3.80. The van der Waals surface area contributed by atoms with Crippen LogP contribution in [0, 0.1) is 5.82 Å². The summed E-state index contributed by atoms with van der Waals surface area (Å²) in [6.45, 7) is 0. The molecule has 20 heavy (non-hydrogen) atoms. The number of thiophene rings is 1. The fourth-order valence-electron chi connectivity index (χ4n) is 2.73. The molecule has 2 N–H and O–H groups in total. The summed E-state index contributed by atoms with van der Waals surface area (Å²) in [4.78, 5) is 2.70. The summed E-state index contributed by atoms with van der Waals surface area (Å²) < 4.78 is 18.6. The molecule has 0 amide bonds. The van der Waals surface area contributed by atoms with Gasteiger partial charge in [0, 0.05) is 15.8 Å². The summed E-state index contributed by atoms with van der Waals surface area (Å²) in [7, 11) is 1.47. The molecule has 1 aliphatic carbocycles. The minimum absolute atomic E-state index is 0.0570. The lowest BCUT2D eigenvalue weighted by Crippen LogP contribution is -2.12. The van der Waals surface area contributed by atoms with E-state index in [4.69, 9.17) is 10.5 Å². The van der Waals surface area contributed by atoms with E-state index in [0.717, 1.165) is 5.56 Å². The van der Waals surface area contributed by atoms with Gasteiger partial charge in [-0.2, -0.15) is 0 Å². The first-order valence-corrected chi connectivity index (χ1v) is 7.68. The quantitative estimate of drug-likeness (QED) is 0.933. The maximum atomic E-state index is 13.7. The van der Waals surface area contributed by atoms with E-state index in [9.17, 15) is 4.39 Å². The van der Waals surface area contributed by atoms with E-state index in [2.05, 4.69) is 6.07 Å². The number of benzene rings is 1. The zero-order valence-electron chi connectivity index (χ0n) is 11.5. The van der Waals surface area contributed by atoms with Crippen LogP contribution >= 0.6 is 11.3 Å². The number of hydrogen-bond acceptors (Lipinski definition) is 3. The van der Waals surface area contributed by atoms with Gasteiger partial charge in [-0.05, 0) is 55.0 Å². The van der Waals surface area contributed by atoms with Crippen molar-refractivity contribution in [3.8, 4) is 5.75 Å². The zero-order valence-corrected chi connectivity index (χ0v) is 12.3. The Morgan fingerprint density at radius 3 is 2.90 bits per heavy atom. The summed E-state index contributed by atoms with van der Waals surface area (Å²) in [5.41, 5.74) is 8.63. The van der Waals surface area contributed by atoms with Crippen molar-refractivity contribution in [2.45, 2.75) is 31.7 Å². The van der Waals surface area contributed by atoms with Crippen LogP contribution in [0.15, 0.2) is 24.3 Å². The van der Waals surface area contributed by atoms with E-state index in [0.29, 0.717) is 6.42 Å². The van der Waals surface area contributed by atoms with Crippen LogP contribution in [0.3, 0.4) is 0 Å². The largest absolute Gasteiger partial charge is 0.494 e. The maximum Gasteiger partial charge on any atom is 0.165 e. The molecule has 1 unspecified atom stereocenters. The van der Waals surface area contributed by atoms with Gasteiger partial charge in [-0.1, -0.05) is 6.07 Å². The minimum Gasteiger partial charge on any atom is -0.494 e. The molecule has 1 heterocycles. The van der Waals surface area contributed by atoms with Gasteiger partial charge in [0.1, 0.15) is 0 Å². The van der Waals surface area contributed by atoms with Crippen molar-refractivity contribution in [2.24, 2.45) is 5.73 Å². The van der Waals surface area contributed by atoms with Crippen LogP contribution in [0.2, 0.25) is 0 Å². The van der Waals surface area contributed by atoms with Crippen LogP contribution in [0.25, 0.3) is 0 Å². The van der Waals surface area contributed by atoms with Gasteiger partial charge in [-0.15, -0.1) is 11.3 Å². The maximum absolute atomic E-state index is 13.7. The predicted molar refractivity (Wildman–Crippen MR) is 79.9 cm³/mol. The predicted octanol–water partition coefficient (Wildman–Crippen LogP) is 3.63. The number of rotatable bonds is 4. The second-order valence-corrected chi connectivity index (χ2v) is 6.40. The molecule has 1 aromatic heterocycles. The number of hydrogen-bond donors (Lipinski definition) is 1. The van der Waals surface area contributed by atoms with Gasteiger partial charge in [-0.25, -0.2) is 4.39 Å². The first-order valence-electron chi connectivity index (χ1n) is 6.87. The highest BCUT2D eigenvalue weighted by Crippen LogP contribution is 2.34. The number of ether oxygens (including phenoxy) is 1. The fraction of sp³-hybridized carbons (Fsp3) is 0.375. The molecular weight excluding hydrogens is 273 g/mol. The van der Waals surface area contributed by atoms with Crippen molar-refractivity contribution in [1.29, 1.82) is 0 Å². The molecule has 1 atom stereocenters. The number of methoxy groups -OCH3 is 1. The van der Waals surface area contributed by atoms with Crippen molar-refractivity contribution >= 4 is 11.3 Å². The van der Waals surface area contributed by atoms with Gasteiger partial charge in [-0.3, -0.25) is 0 Å². The van der Waals surface area contributed by atoms with Crippen LogP contribution in [-0.2, 0) is 19.3 Å². The van der Waals surface area contributed by atoms with Gasteiger partial charge in [0.25, 0.3) is 0 Å². The summed E-state index contributed by atoms with van der Waals surface area (Å²) in [6.07, 6.45) is 4.28. The molecule has 3 rings (SSSR count). The van der Waals surface area contributed by atoms with Crippen molar-refractivity contribution < 1.29 is 9.13 Å². The van der Waals surface area contributed by atoms with Gasteiger partial charge < -0.3 is 10.5 Å². The number of halogens is 1. The van der Waals surface area contributed by atoms with Crippen LogP contribution in [0.4, 0.5) is 4.39 Å². The average molecular weight is 291 g/mol. The molecule has 0 aliphatic heterocycles. The molecule has 0 bridgehead atoms. The highest BCUT2D eigenvalue weighted by Gasteiger charge is 2.18. The highest BCUT2D eigenvalue weighted by atomic mass is 32.1. The average Bonchev–Trinajstić information content (AvgIpc) is 2.99. The van der Waals surface area contributed by atoms with Crippen molar-refractivity contribution in [1.82, 2.24) is 0 Å². The SMILES string of the molecule is COc1ccc(CC(N)c2cc3c(s2)CCC3)cc1F. The van der Waals surface area contributed by atoms with Crippen LogP contribution in [0.5, 0.6) is 5.75 Å². The molecule has 1 aliphatic rings.